The van der Waals surface area contributed by atoms with E-state index in [4.69, 9.17) is 0 Å². The molecule has 0 aromatic heterocycles. The smallest absolute Gasteiger partial charge is 0.262 e. The summed E-state index contributed by atoms with van der Waals surface area (Å²) in [6.07, 6.45) is -1.07. The number of rotatable bonds is 2. The lowest BCUT2D eigenvalue weighted by Gasteiger charge is -2.27. The number of nitrogens with one attached hydrogen (secondary N) is 3. The number of anilines is 2. The number of halogens is 1. The maximum Gasteiger partial charge on any atom is 0.262 e. The number of para-hydroxylation sites is 1. The van der Waals surface area contributed by atoms with E-state index in [2.05, 4.69) is 31.3 Å². The van der Waals surface area contributed by atoms with Crippen LogP contribution in [0.3, 0.4) is 0 Å². The van der Waals surface area contributed by atoms with E-state index >= 15 is 0 Å². The molecular formula is C15H14BrN3O3S. The van der Waals surface area contributed by atoms with Gasteiger partial charge in [0.05, 0.1) is 5.69 Å². The van der Waals surface area contributed by atoms with Gasteiger partial charge in [0, 0.05) is 10.2 Å². The number of aryl methyl sites for hydroxylation is 1. The lowest BCUT2D eigenvalue weighted by atomic mass is 10.2. The monoisotopic (exact) mass is 395 g/mol. The first-order valence-electron chi connectivity index (χ1n) is 6.82. The molecule has 1 unspecified atom stereocenters. The van der Waals surface area contributed by atoms with Crippen molar-refractivity contribution in [1.82, 2.24) is 4.72 Å². The van der Waals surface area contributed by atoms with E-state index in [-0.39, 0.29) is 4.90 Å². The summed E-state index contributed by atoms with van der Waals surface area (Å²) in [6, 6.07) is 11.8. The highest BCUT2D eigenvalue weighted by Crippen LogP contribution is 2.26. The third-order valence-corrected chi connectivity index (χ3v) is 5.81. The van der Waals surface area contributed by atoms with Crippen molar-refractivity contribution in [3.63, 3.8) is 0 Å². The van der Waals surface area contributed by atoms with Crippen LogP contribution in [0.2, 0.25) is 0 Å². The van der Waals surface area contributed by atoms with Crippen molar-refractivity contribution in [2.75, 3.05) is 10.6 Å². The Morgan fingerprint density at radius 2 is 1.96 bits per heavy atom. The molecule has 0 spiro atoms. The molecule has 1 aliphatic rings. The van der Waals surface area contributed by atoms with Crippen molar-refractivity contribution in [2.45, 2.75) is 18.0 Å². The Morgan fingerprint density at radius 1 is 1.22 bits per heavy atom. The van der Waals surface area contributed by atoms with Crippen molar-refractivity contribution in [1.29, 1.82) is 0 Å². The third kappa shape index (κ3) is 3.24. The number of benzene rings is 2. The van der Waals surface area contributed by atoms with Gasteiger partial charge in [-0.05, 0) is 42.8 Å². The van der Waals surface area contributed by atoms with Crippen LogP contribution in [0, 0.1) is 6.92 Å². The first kappa shape index (κ1) is 16.0. The number of sulfonamides is 1. The zero-order valence-corrected chi connectivity index (χ0v) is 14.5. The Bertz CT molecular complexity index is 883. The maximum atomic E-state index is 12.3. The Morgan fingerprint density at radius 3 is 2.70 bits per heavy atom. The highest BCUT2D eigenvalue weighted by atomic mass is 79.9. The highest BCUT2D eigenvalue weighted by molar-refractivity contribution is 9.10. The molecule has 1 amide bonds. The van der Waals surface area contributed by atoms with E-state index < -0.39 is 22.1 Å². The van der Waals surface area contributed by atoms with Gasteiger partial charge in [-0.25, -0.2) is 8.42 Å². The Balaban J connectivity index is 1.83. The first-order valence-corrected chi connectivity index (χ1v) is 9.09. The molecule has 2 aromatic rings. The fourth-order valence-corrected chi connectivity index (χ4v) is 3.80. The second-order valence-electron chi connectivity index (χ2n) is 5.15. The van der Waals surface area contributed by atoms with Gasteiger partial charge in [-0.3, -0.25) is 4.79 Å². The summed E-state index contributed by atoms with van der Waals surface area (Å²) in [5, 5.41) is 5.59. The molecule has 1 aliphatic heterocycles. The lowest BCUT2D eigenvalue weighted by Crippen LogP contribution is -2.51. The molecule has 0 radical (unpaired) electrons. The van der Waals surface area contributed by atoms with Crippen molar-refractivity contribution < 1.29 is 13.2 Å². The summed E-state index contributed by atoms with van der Waals surface area (Å²) in [5.41, 5.74) is 1.96. The fourth-order valence-electron chi connectivity index (χ4n) is 2.28. The average Bonchev–Trinajstić information content (AvgIpc) is 2.50. The molecule has 6 nitrogen and oxygen atoms in total. The molecule has 3 rings (SSSR count). The SMILES string of the molecule is Cc1cc(NC(=O)C2Nc3ccccc3S(=O)(=O)N2)ccc1Br. The van der Waals surface area contributed by atoms with Gasteiger partial charge in [0.25, 0.3) is 5.91 Å². The first-order chi connectivity index (χ1) is 10.9. The van der Waals surface area contributed by atoms with Crippen LogP contribution in [0.1, 0.15) is 5.56 Å². The Hall–Kier alpha value is -1.90. The van der Waals surface area contributed by atoms with Crippen LogP contribution in [0.25, 0.3) is 0 Å². The van der Waals surface area contributed by atoms with E-state index in [1.165, 1.54) is 6.07 Å². The van der Waals surface area contributed by atoms with Gasteiger partial charge in [0.2, 0.25) is 10.0 Å². The minimum Gasteiger partial charge on any atom is -0.360 e. The average molecular weight is 396 g/mol. The van der Waals surface area contributed by atoms with Gasteiger partial charge in [-0.2, -0.15) is 4.72 Å². The number of carbonyl (C=O) groups excluding carboxylic acids is 1. The number of fused-ring (bicyclic) bond motifs is 1. The maximum absolute atomic E-state index is 12.3. The second kappa shape index (κ2) is 5.95. The van der Waals surface area contributed by atoms with Gasteiger partial charge in [-0.1, -0.05) is 28.1 Å². The quantitative estimate of drug-likeness (QED) is 0.728. The highest BCUT2D eigenvalue weighted by Gasteiger charge is 2.32. The molecule has 0 aliphatic carbocycles. The zero-order valence-electron chi connectivity index (χ0n) is 12.1. The molecule has 0 saturated carbocycles. The molecule has 0 saturated heterocycles. The summed E-state index contributed by atoms with van der Waals surface area (Å²) in [5.74, 6) is -0.482. The van der Waals surface area contributed by atoms with Gasteiger partial charge >= 0.3 is 0 Å². The van der Waals surface area contributed by atoms with Crippen molar-refractivity contribution in [3.8, 4) is 0 Å². The van der Waals surface area contributed by atoms with Crippen LogP contribution in [-0.4, -0.2) is 20.5 Å². The van der Waals surface area contributed by atoms with Gasteiger partial charge in [0.15, 0.2) is 6.17 Å². The van der Waals surface area contributed by atoms with Crippen molar-refractivity contribution in [2.24, 2.45) is 0 Å². The van der Waals surface area contributed by atoms with Crippen molar-refractivity contribution >= 4 is 43.2 Å². The Kier molecular flexibility index (Phi) is 4.13. The van der Waals surface area contributed by atoms with Gasteiger partial charge in [-0.15, -0.1) is 0 Å². The molecule has 1 atom stereocenters. The summed E-state index contributed by atoms with van der Waals surface area (Å²) in [4.78, 5) is 12.5. The molecular weight excluding hydrogens is 382 g/mol. The predicted molar refractivity (Wildman–Crippen MR) is 91.7 cm³/mol. The molecule has 2 aromatic carbocycles. The molecule has 0 bridgehead atoms. The van der Waals surface area contributed by atoms with E-state index in [0.29, 0.717) is 11.4 Å². The van der Waals surface area contributed by atoms with Crippen LogP contribution in [0.5, 0.6) is 0 Å². The van der Waals surface area contributed by atoms with Crippen molar-refractivity contribution in [3.05, 3.63) is 52.5 Å². The number of amides is 1. The molecule has 0 fully saturated rings. The molecule has 23 heavy (non-hydrogen) atoms. The fraction of sp³-hybridized carbons (Fsp3) is 0.133. The summed E-state index contributed by atoms with van der Waals surface area (Å²) >= 11 is 3.39. The molecule has 120 valence electrons. The lowest BCUT2D eigenvalue weighted by molar-refractivity contribution is -0.117. The number of hydrogen-bond donors (Lipinski definition) is 3. The normalized spacial score (nSPS) is 18.6. The van der Waals surface area contributed by atoms with Gasteiger partial charge in [0.1, 0.15) is 4.90 Å². The number of carbonyl (C=O) groups is 1. The van der Waals surface area contributed by atoms with E-state index in [9.17, 15) is 13.2 Å². The third-order valence-electron chi connectivity index (χ3n) is 3.44. The second-order valence-corrected chi connectivity index (χ2v) is 7.68. The largest absolute Gasteiger partial charge is 0.360 e. The summed E-state index contributed by atoms with van der Waals surface area (Å²) in [6.45, 7) is 1.90. The van der Waals surface area contributed by atoms with E-state index in [0.717, 1.165) is 10.0 Å². The standard InChI is InChI=1S/C15H14BrN3O3S/c1-9-8-10(6-7-11(9)16)17-15(20)14-18-12-4-2-3-5-13(12)23(21,22)19-14/h2-8,14,18-19H,1H3,(H,17,20). The molecule has 8 heteroatoms. The zero-order chi connectivity index (χ0) is 16.6. The summed E-state index contributed by atoms with van der Waals surface area (Å²) in [7, 11) is -3.72. The summed E-state index contributed by atoms with van der Waals surface area (Å²) < 4.78 is 27.7. The number of hydrogen-bond acceptors (Lipinski definition) is 4. The van der Waals surface area contributed by atoms with Crippen LogP contribution in [-0.2, 0) is 14.8 Å². The molecule has 3 N–H and O–H groups in total. The van der Waals surface area contributed by atoms with Crippen LogP contribution in [0.4, 0.5) is 11.4 Å². The topological polar surface area (TPSA) is 87.3 Å². The Labute approximate surface area is 142 Å². The van der Waals surface area contributed by atoms with Crippen LogP contribution in [0.15, 0.2) is 51.8 Å². The minimum absolute atomic E-state index is 0.128. The minimum atomic E-state index is -3.72. The van der Waals surface area contributed by atoms with Gasteiger partial charge < -0.3 is 10.6 Å². The van der Waals surface area contributed by atoms with E-state index in [1.807, 2.05) is 13.0 Å². The predicted octanol–water partition coefficient (Wildman–Crippen LogP) is 2.43. The van der Waals surface area contributed by atoms with Crippen LogP contribution >= 0.6 is 15.9 Å². The van der Waals surface area contributed by atoms with Crippen LogP contribution < -0.4 is 15.4 Å². The van der Waals surface area contributed by atoms with E-state index in [1.54, 1.807) is 30.3 Å². The molecule has 1 heterocycles.